The van der Waals surface area contributed by atoms with Crippen molar-refractivity contribution in [2.24, 2.45) is 11.3 Å². The Morgan fingerprint density at radius 3 is 2.72 bits per heavy atom. The molecule has 3 unspecified atom stereocenters. The van der Waals surface area contributed by atoms with Gasteiger partial charge in [0.25, 0.3) is 11.8 Å². The summed E-state index contributed by atoms with van der Waals surface area (Å²) in [7, 11) is 0. The van der Waals surface area contributed by atoms with Gasteiger partial charge in [-0.15, -0.1) is 0 Å². The Hall–Kier alpha value is -2.70. The molecule has 0 aromatic carbocycles. The molecule has 0 bridgehead atoms. The molecule has 7 heteroatoms. The number of fused-ring (bicyclic) bond motifs is 1. The highest BCUT2D eigenvalue weighted by Crippen LogP contribution is 2.40. The summed E-state index contributed by atoms with van der Waals surface area (Å²) in [4.78, 5) is 41.4. The van der Waals surface area contributed by atoms with Crippen molar-refractivity contribution in [3.63, 3.8) is 0 Å². The number of carbonyl (C=O) groups excluding carboxylic acids is 3. The van der Waals surface area contributed by atoms with Gasteiger partial charge in [0.05, 0.1) is 0 Å². The molecule has 3 fully saturated rings. The van der Waals surface area contributed by atoms with Gasteiger partial charge in [0.1, 0.15) is 24.3 Å². The summed E-state index contributed by atoms with van der Waals surface area (Å²) in [5.74, 6) is -0.540. The maximum absolute atomic E-state index is 14.0. The molecule has 172 valence electrons. The van der Waals surface area contributed by atoms with Crippen LogP contribution in [0.15, 0.2) is 46.7 Å². The maximum atomic E-state index is 14.0. The van der Waals surface area contributed by atoms with E-state index < -0.39 is 6.17 Å². The van der Waals surface area contributed by atoms with Gasteiger partial charge in [-0.2, -0.15) is 0 Å². The third-order valence-electron chi connectivity index (χ3n) is 7.21. The Morgan fingerprint density at radius 2 is 2.03 bits per heavy atom. The zero-order valence-corrected chi connectivity index (χ0v) is 19.1. The molecular weight excluding hydrogens is 409 g/mol. The average Bonchev–Trinajstić information content (AvgIpc) is 3.10. The summed E-state index contributed by atoms with van der Waals surface area (Å²) in [6.07, 6.45) is 9.11. The molecule has 0 radical (unpaired) electrons. The van der Waals surface area contributed by atoms with Gasteiger partial charge in [0, 0.05) is 36.5 Å². The zero-order valence-electron chi connectivity index (χ0n) is 19.1. The summed E-state index contributed by atoms with van der Waals surface area (Å²) in [6.45, 7) is 7.73. The van der Waals surface area contributed by atoms with Crippen LogP contribution in [0.1, 0.15) is 46.5 Å². The summed E-state index contributed by atoms with van der Waals surface area (Å²) in [6, 6.07) is 0. The first kappa shape index (κ1) is 22.5. The molecule has 4 rings (SSSR count). The Labute approximate surface area is 188 Å². The second-order valence-electron chi connectivity index (χ2n) is 9.80. The third-order valence-corrected chi connectivity index (χ3v) is 7.21. The van der Waals surface area contributed by atoms with Crippen LogP contribution < -0.4 is 5.32 Å². The predicted molar refractivity (Wildman–Crippen MR) is 120 cm³/mol. The van der Waals surface area contributed by atoms with E-state index >= 15 is 0 Å². The number of allylic oxidation sites excluding steroid dienone is 3. The minimum atomic E-state index is -0.995. The third kappa shape index (κ3) is 3.93. The van der Waals surface area contributed by atoms with Crippen molar-refractivity contribution >= 4 is 18.1 Å². The molecule has 3 aliphatic heterocycles. The molecule has 0 aromatic heterocycles. The molecule has 3 heterocycles. The van der Waals surface area contributed by atoms with Crippen LogP contribution in [-0.4, -0.2) is 59.9 Å². The number of aldehydes is 1. The first-order valence-electron chi connectivity index (χ1n) is 11.6. The van der Waals surface area contributed by atoms with E-state index in [1.165, 1.54) is 6.08 Å². The number of piperidine rings is 2. The van der Waals surface area contributed by atoms with E-state index in [2.05, 4.69) is 19.2 Å². The largest absolute Gasteiger partial charge is 0.360 e. The van der Waals surface area contributed by atoms with Crippen LogP contribution in [0.25, 0.3) is 0 Å². The van der Waals surface area contributed by atoms with Crippen LogP contribution in [0.2, 0.25) is 0 Å². The van der Waals surface area contributed by atoms with Gasteiger partial charge >= 0.3 is 0 Å². The fourth-order valence-electron chi connectivity index (χ4n) is 5.33. The van der Waals surface area contributed by atoms with Gasteiger partial charge in [-0.3, -0.25) is 14.4 Å². The number of hydrogen-bond donors (Lipinski definition) is 1. The SMILES string of the molecule is CCC1C=C(CN2CCC(=C3/NC4N(CCCC4(C)C)C3=O)/C(=C\C=O)C2=O)C=CC1F. The number of likely N-dealkylation sites (tertiary alicyclic amines) is 1. The standard InChI is InChI=1S/C25H32FN3O3/c1-4-17-14-16(6-7-20(17)26)15-28-12-8-18(19(9-13-30)22(28)31)21-23(32)29-11-5-10-25(2,3)24(29)27-21/h6-7,9,13-14,17,20,24,27H,4-5,8,10-12,15H2,1-3H3/b19-9+,21-18-. The monoisotopic (exact) mass is 441 g/mol. The molecule has 2 amide bonds. The number of amides is 2. The molecule has 0 saturated carbocycles. The molecule has 1 N–H and O–H groups in total. The van der Waals surface area contributed by atoms with Crippen molar-refractivity contribution in [1.29, 1.82) is 0 Å². The molecule has 3 atom stereocenters. The van der Waals surface area contributed by atoms with Crippen molar-refractivity contribution in [2.75, 3.05) is 19.6 Å². The number of alkyl halides is 1. The molecular formula is C25H32FN3O3. The minimum absolute atomic E-state index is 0.0701. The van der Waals surface area contributed by atoms with Gasteiger partial charge in [-0.1, -0.05) is 32.9 Å². The van der Waals surface area contributed by atoms with Crippen molar-refractivity contribution in [2.45, 2.75) is 58.8 Å². The molecule has 4 aliphatic rings. The number of hydrogen-bond acceptors (Lipinski definition) is 4. The van der Waals surface area contributed by atoms with E-state index in [1.807, 2.05) is 17.9 Å². The summed E-state index contributed by atoms with van der Waals surface area (Å²) in [5, 5.41) is 3.39. The van der Waals surface area contributed by atoms with Crippen molar-refractivity contribution in [3.8, 4) is 0 Å². The van der Waals surface area contributed by atoms with Crippen LogP contribution in [0.3, 0.4) is 0 Å². The first-order valence-corrected chi connectivity index (χ1v) is 11.6. The van der Waals surface area contributed by atoms with Crippen LogP contribution >= 0.6 is 0 Å². The Bertz CT molecular complexity index is 946. The Balaban J connectivity index is 1.59. The van der Waals surface area contributed by atoms with E-state index in [4.69, 9.17) is 0 Å². The normalized spacial score (nSPS) is 33.3. The van der Waals surface area contributed by atoms with Crippen LogP contribution in [0.4, 0.5) is 4.39 Å². The molecule has 0 aromatic rings. The molecule has 3 saturated heterocycles. The second kappa shape index (κ2) is 8.68. The maximum Gasteiger partial charge on any atom is 0.271 e. The summed E-state index contributed by atoms with van der Waals surface area (Å²) in [5.41, 5.74) is 2.18. The second-order valence-corrected chi connectivity index (χ2v) is 9.80. The van der Waals surface area contributed by atoms with E-state index in [1.54, 1.807) is 17.1 Å². The zero-order chi connectivity index (χ0) is 23.0. The molecule has 1 aliphatic carbocycles. The molecule has 0 spiro atoms. The van der Waals surface area contributed by atoms with Gasteiger partial charge < -0.3 is 15.1 Å². The quantitative estimate of drug-likeness (QED) is 0.538. The highest BCUT2D eigenvalue weighted by atomic mass is 19.1. The van der Waals surface area contributed by atoms with Gasteiger partial charge in [0.15, 0.2) is 0 Å². The van der Waals surface area contributed by atoms with Crippen molar-refractivity contribution in [1.82, 2.24) is 15.1 Å². The minimum Gasteiger partial charge on any atom is -0.360 e. The Morgan fingerprint density at radius 1 is 1.25 bits per heavy atom. The predicted octanol–water partition coefficient (Wildman–Crippen LogP) is 3.04. The van der Waals surface area contributed by atoms with E-state index in [0.717, 1.165) is 18.4 Å². The lowest BCUT2D eigenvalue weighted by Crippen LogP contribution is -2.51. The fourth-order valence-corrected chi connectivity index (χ4v) is 5.33. The molecule has 6 nitrogen and oxygen atoms in total. The number of nitrogens with one attached hydrogen (secondary N) is 1. The van der Waals surface area contributed by atoms with Gasteiger partial charge in [-0.05, 0) is 49.0 Å². The Kier molecular flexibility index (Phi) is 6.10. The highest BCUT2D eigenvalue weighted by Gasteiger charge is 2.47. The number of halogens is 1. The van der Waals surface area contributed by atoms with E-state index in [0.29, 0.717) is 50.0 Å². The fraction of sp³-hybridized carbons (Fsp3) is 0.560. The lowest BCUT2D eigenvalue weighted by molar-refractivity contribution is -0.130. The van der Waals surface area contributed by atoms with Crippen LogP contribution in [0, 0.1) is 11.3 Å². The number of carbonyl (C=O) groups is 3. The van der Waals surface area contributed by atoms with Crippen LogP contribution in [0.5, 0.6) is 0 Å². The van der Waals surface area contributed by atoms with Crippen molar-refractivity contribution < 1.29 is 18.8 Å². The highest BCUT2D eigenvalue weighted by molar-refractivity contribution is 6.06. The average molecular weight is 442 g/mol. The van der Waals surface area contributed by atoms with Crippen LogP contribution in [-0.2, 0) is 14.4 Å². The van der Waals surface area contributed by atoms with E-state index in [9.17, 15) is 18.8 Å². The van der Waals surface area contributed by atoms with Gasteiger partial charge in [0.2, 0.25) is 0 Å². The lowest BCUT2D eigenvalue weighted by Gasteiger charge is -2.41. The van der Waals surface area contributed by atoms with Crippen molar-refractivity contribution in [3.05, 3.63) is 46.7 Å². The van der Waals surface area contributed by atoms with Gasteiger partial charge in [-0.25, -0.2) is 4.39 Å². The summed E-state index contributed by atoms with van der Waals surface area (Å²) >= 11 is 0. The molecule has 32 heavy (non-hydrogen) atoms. The lowest BCUT2D eigenvalue weighted by atomic mass is 9.81. The number of nitrogens with zero attached hydrogens (tertiary/aromatic N) is 2. The van der Waals surface area contributed by atoms with E-state index in [-0.39, 0.29) is 34.9 Å². The topological polar surface area (TPSA) is 69.7 Å². The smallest absolute Gasteiger partial charge is 0.271 e. The first-order chi connectivity index (χ1) is 15.3. The number of rotatable bonds is 4. The summed E-state index contributed by atoms with van der Waals surface area (Å²) < 4.78 is 14.0.